The van der Waals surface area contributed by atoms with E-state index in [0.717, 1.165) is 17.4 Å². The lowest BCUT2D eigenvalue weighted by Gasteiger charge is -2.10. The molecule has 0 aliphatic heterocycles. The standard InChI is InChI=1S/C16H16FN3O3/c17-12-3-1-2-11(8-12)9-19-7-6-15(22)20(16(19)23)10-14(21)18-13-4-5-13/h1-3,6-8,13H,4-5,9-10H2,(H,18,21). The highest BCUT2D eigenvalue weighted by molar-refractivity contribution is 5.76. The normalized spacial score (nSPS) is 13.8. The molecule has 2 aromatic rings. The molecule has 0 saturated heterocycles. The molecule has 1 aromatic heterocycles. The van der Waals surface area contributed by atoms with E-state index in [1.54, 1.807) is 12.1 Å². The number of halogens is 1. The first-order valence-corrected chi connectivity index (χ1v) is 7.37. The van der Waals surface area contributed by atoms with Crippen LogP contribution in [0.2, 0.25) is 0 Å². The van der Waals surface area contributed by atoms with Crippen LogP contribution in [0.25, 0.3) is 0 Å². The van der Waals surface area contributed by atoms with Crippen LogP contribution in [0.3, 0.4) is 0 Å². The van der Waals surface area contributed by atoms with E-state index >= 15 is 0 Å². The Balaban J connectivity index is 1.84. The number of carbonyl (C=O) groups excluding carboxylic acids is 1. The number of hydrogen-bond acceptors (Lipinski definition) is 3. The molecule has 1 heterocycles. The number of hydrogen-bond donors (Lipinski definition) is 1. The predicted octanol–water partition coefficient (Wildman–Crippen LogP) is 0.476. The molecule has 1 amide bonds. The van der Waals surface area contributed by atoms with Crippen LogP contribution >= 0.6 is 0 Å². The molecule has 3 rings (SSSR count). The lowest BCUT2D eigenvalue weighted by Crippen LogP contribution is -2.43. The van der Waals surface area contributed by atoms with Crippen LogP contribution in [0.5, 0.6) is 0 Å². The van der Waals surface area contributed by atoms with E-state index in [1.807, 2.05) is 0 Å². The summed E-state index contributed by atoms with van der Waals surface area (Å²) < 4.78 is 15.4. The van der Waals surface area contributed by atoms with Crippen molar-refractivity contribution in [2.24, 2.45) is 0 Å². The lowest BCUT2D eigenvalue weighted by molar-refractivity contribution is -0.121. The lowest BCUT2D eigenvalue weighted by atomic mass is 10.2. The fourth-order valence-electron chi connectivity index (χ4n) is 2.30. The van der Waals surface area contributed by atoms with Gasteiger partial charge in [-0.05, 0) is 30.5 Å². The van der Waals surface area contributed by atoms with Gasteiger partial charge in [0, 0.05) is 18.3 Å². The van der Waals surface area contributed by atoms with Gasteiger partial charge in [-0.25, -0.2) is 9.18 Å². The number of benzene rings is 1. The average Bonchev–Trinajstić information content (AvgIpc) is 3.30. The molecule has 0 spiro atoms. The van der Waals surface area contributed by atoms with Crippen LogP contribution in [0.4, 0.5) is 4.39 Å². The summed E-state index contributed by atoms with van der Waals surface area (Å²) in [5.74, 6) is -0.747. The second kappa shape index (κ2) is 6.20. The molecule has 0 bridgehead atoms. The largest absolute Gasteiger partial charge is 0.352 e. The number of nitrogens with zero attached hydrogens (tertiary/aromatic N) is 2. The Morgan fingerprint density at radius 1 is 1.26 bits per heavy atom. The molecule has 23 heavy (non-hydrogen) atoms. The van der Waals surface area contributed by atoms with Gasteiger partial charge in [-0.3, -0.25) is 18.7 Å². The Bertz CT molecular complexity index is 852. The van der Waals surface area contributed by atoms with Gasteiger partial charge in [0.15, 0.2) is 0 Å². The molecule has 120 valence electrons. The Morgan fingerprint density at radius 3 is 2.74 bits per heavy atom. The van der Waals surface area contributed by atoms with Crippen LogP contribution < -0.4 is 16.6 Å². The highest BCUT2D eigenvalue weighted by Crippen LogP contribution is 2.18. The molecule has 1 saturated carbocycles. The van der Waals surface area contributed by atoms with Crippen molar-refractivity contribution in [1.82, 2.24) is 14.5 Å². The zero-order chi connectivity index (χ0) is 16.4. The third kappa shape index (κ3) is 3.74. The summed E-state index contributed by atoms with van der Waals surface area (Å²) in [6.07, 6.45) is 3.21. The number of carbonyl (C=O) groups is 1. The number of nitrogens with one attached hydrogen (secondary N) is 1. The third-order valence-electron chi connectivity index (χ3n) is 3.63. The van der Waals surface area contributed by atoms with Gasteiger partial charge in [0.2, 0.25) is 5.91 Å². The molecule has 1 N–H and O–H groups in total. The van der Waals surface area contributed by atoms with Gasteiger partial charge in [0.1, 0.15) is 12.4 Å². The maximum Gasteiger partial charge on any atom is 0.331 e. The zero-order valence-corrected chi connectivity index (χ0v) is 12.4. The van der Waals surface area contributed by atoms with Gasteiger partial charge in [0.05, 0.1) is 6.54 Å². The summed E-state index contributed by atoms with van der Waals surface area (Å²) in [5, 5.41) is 2.74. The minimum absolute atomic E-state index is 0.126. The summed E-state index contributed by atoms with van der Waals surface area (Å²) in [7, 11) is 0. The quantitative estimate of drug-likeness (QED) is 0.871. The highest BCUT2D eigenvalue weighted by Gasteiger charge is 2.23. The molecule has 0 unspecified atom stereocenters. The average molecular weight is 317 g/mol. The minimum atomic E-state index is -0.590. The van der Waals surface area contributed by atoms with Crippen molar-refractivity contribution in [3.8, 4) is 0 Å². The van der Waals surface area contributed by atoms with E-state index in [0.29, 0.717) is 5.56 Å². The topological polar surface area (TPSA) is 73.1 Å². The maximum atomic E-state index is 13.2. The first-order valence-electron chi connectivity index (χ1n) is 7.37. The van der Waals surface area contributed by atoms with Crippen molar-refractivity contribution < 1.29 is 9.18 Å². The molecule has 1 aliphatic carbocycles. The number of rotatable bonds is 5. The zero-order valence-electron chi connectivity index (χ0n) is 12.4. The van der Waals surface area contributed by atoms with Gasteiger partial charge in [-0.15, -0.1) is 0 Å². The first kappa shape index (κ1) is 15.2. The van der Waals surface area contributed by atoms with Crippen LogP contribution in [0, 0.1) is 5.82 Å². The third-order valence-corrected chi connectivity index (χ3v) is 3.63. The first-order chi connectivity index (χ1) is 11.0. The van der Waals surface area contributed by atoms with Crippen molar-refractivity contribution in [3.05, 3.63) is 68.7 Å². The fourth-order valence-corrected chi connectivity index (χ4v) is 2.30. The Labute approximate surface area is 131 Å². The number of amides is 1. The summed E-state index contributed by atoms with van der Waals surface area (Å²) in [6.45, 7) is -0.181. The van der Waals surface area contributed by atoms with Gasteiger partial charge in [0.25, 0.3) is 5.56 Å². The van der Waals surface area contributed by atoms with Crippen LogP contribution in [0.15, 0.2) is 46.1 Å². The molecule has 0 radical (unpaired) electrons. The van der Waals surface area contributed by atoms with Gasteiger partial charge in [-0.1, -0.05) is 12.1 Å². The molecule has 1 fully saturated rings. The molecule has 1 aliphatic rings. The fraction of sp³-hybridized carbons (Fsp3) is 0.312. The van der Waals surface area contributed by atoms with Crippen molar-refractivity contribution >= 4 is 5.91 Å². The van der Waals surface area contributed by atoms with Gasteiger partial charge < -0.3 is 5.32 Å². The van der Waals surface area contributed by atoms with E-state index < -0.39 is 17.1 Å². The second-order valence-electron chi connectivity index (χ2n) is 5.62. The molecule has 7 heteroatoms. The summed E-state index contributed by atoms with van der Waals surface area (Å²) >= 11 is 0. The van der Waals surface area contributed by atoms with Crippen molar-refractivity contribution in [3.63, 3.8) is 0 Å². The van der Waals surface area contributed by atoms with E-state index in [9.17, 15) is 18.8 Å². The van der Waals surface area contributed by atoms with Crippen LogP contribution in [-0.2, 0) is 17.9 Å². The smallest absolute Gasteiger partial charge is 0.331 e. The summed E-state index contributed by atoms with van der Waals surface area (Å²) in [5.41, 5.74) is -0.524. The van der Waals surface area contributed by atoms with E-state index in [2.05, 4.69) is 5.32 Å². The second-order valence-corrected chi connectivity index (χ2v) is 5.62. The van der Waals surface area contributed by atoms with Crippen molar-refractivity contribution in [1.29, 1.82) is 0 Å². The Kier molecular flexibility index (Phi) is 4.10. The summed E-state index contributed by atoms with van der Waals surface area (Å²) in [6, 6.07) is 7.26. The molecule has 1 aromatic carbocycles. The van der Waals surface area contributed by atoms with Crippen molar-refractivity contribution in [2.45, 2.75) is 32.0 Å². The van der Waals surface area contributed by atoms with Crippen LogP contribution in [0.1, 0.15) is 18.4 Å². The summed E-state index contributed by atoms with van der Waals surface area (Å²) in [4.78, 5) is 36.0. The molecule has 6 nitrogen and oxygen atoms in total. The van der Waals surface area contributed by atoms with Crippen molar-refractivity contribution in [2.75, 3.05) is 0 Å². The minimum Gasteiger partial charge on any atom is -0.352 e. The Hall–Kier alpha value is -2.70. The van der Waals surface area contributed by atoms with Crippen LogP contribution in [-0.4, -0.2) is 21.1 Å². The predicted molar refractivity (Wildman–Crippen MR) is 81.6 cm³/mol. The van der Waals surface area contributed by atoms with E-state index in [4.69, 9.17) is 0 Å². The van der Waals surface area contributed by atoms with E-state index in [1.165, 1.54) is 29.0 Å². The Morgan fingerprint density at radius 2 is 2.04 bits per heavy atom. The highest BCUT2D eigenvalue weighted by atomic mass is 19.1. The molecule has 0 atom stereocenters. The van der Waals surface area contributed by atoms with Gasteiger partial charge in [-0.2, -0.15) is 0 Å². The van der Waals surface area contributed by atoms with Gasteiger partial charge >= 0.3 is 5.69 Å². The SMILES string of the molecule is O=C(Cn1c(=O)ccn(Cc2cccc(F)c2)c1=O)NC1CC1. The monoisotopic (exact) mass is 317 g/mol. The molecular formula is C16H16FN3O3. The molecular weight excluding hydrogens is 301 g/mol. The number of aromatic nitrogens is 2. The van der Waals surface area contributed by atoms with E-state index in [-0.39, 0.29) is 25.0 Å². The maximum absolute atomic E-state index is 13.2.